The minimum atomic E-state index is 0.668. The van der Waals surface area contributed by atoms with Gasteiger partial charge in [0.25, 0.3) is 0 Å². The first-order valence-electron chi connectivity index (χ1n) is 8.30. The summed E-state index contributed by atoms with van der Waals surface area (Å²) in [6.45, 7) is 5.77. The van der Waals surface area contributed by atoms with Crippen LogP contribution in [-0.2, 0) is 13.0 Å². The zero-order valence-electron chi connectivity index (χ0n) is 13.2. The molecule has 1 atom stereocenters. The van der Waals surface area contributed by atoms with Gasteiger partial charge in [-0.05, 0) is 37.6 Å². The number of benzene rings is 1. The highest BCUT2D eigenvalue weighted by atomic mass is 15.2. The van der Waals surface area contributed by atoms with Crippen LogP contribution in [0.5, 0.6) is 0 Å². The molecule has 1 N–H and O–H groups in total. The highest BCUT2D eigenvalue weighted by Crippen LogP contribution is 2.23. The van der Waals surface area contributed by atoms with Crippen LogP contribution in [-0.4, -0.2) is 31.1 Å². The third kappa shape index (κ3) is 4.32. The number of nitrogens with one attached hydrogen (secondary N) is 1. The molecule has 1 aliphatic heterocycles. The van der Waals surface area contributed by atoms with Gasteiger partial charge in [0.1, 0.15) is 0 Å². The lowest BCUT2D eigenvalue weighted by Gasteiger charge is -2.37. The van der Waals surface area contributed by atoms with Crippen molar-refractivity contribution < 1.29 is 0 Å². The van der Waals surface area contributed by atoms with Crippen LogP contribution >= 0.6 is 0 Å². The average Bonchev–Trinajstić information content (AvgIpc) is 2.47. The van der Waals surface area contributed by atoms with Crippen molar-refractivity contribution in [1.29, 1.82) is 0 Å². The van der Waals surface area contributed by atoms with Crippen LogP contribution in [0.1, 0.15) is 50.2 Å². The molecule has 1 aromatic rings. The van der Waals surface area contributed by atoms with Gasteiger partial charge in [-0.15, -0.1) is 0 Å². The summed E-state index contributed by atoms with van der Waals surface area (Å²) in [7, 11) is 2.07. The van der Waals surface area contributed by atoms with Gasteiger partial charge in [-0.2, -0.15) is 0 Å². The standard InChI is InChI=1S/C18H30N2/c1-3-4-5-6-9-12-20-15-17-11-8-7-10-16(17)13-18(20)14-19-2/h7-8,10-11,18-19H,3-6,9,12-15H2,1-2H3. The summed E-state index contributed by atoms with van der Waals surface area (Å²) in [5, 5.41) is 3.37. The van der Waals surface area contributed by atoms with E-state index in [9.17, 15) is 0 Å². The van der Waals surface area contributed by atoms with E-state index in [4.69, 9.17) is 0 Å². The van der Waals surface area contributed by atoms with Gasteiger partial charge in [0, 0.05) is 19.1 Å². The molecule has 0 saturated carbocycles. The van der Waals surface area contributed by atoms with Crippen molar-refractivity contribution in [2.75, 3.05) is 20.1 Å². The Labute approximate surface area is 124 Å². The highest BCUT2D eigenvalue weighted by molar-refractivity contribution is 5.30. The molecular weight excluding hydrogens is 244 g/mol. The van der Waals surface area contributed by atoms with E-state index < -0.39 is 0 Å². The maximum absolute atomic E-state index is 3.37. The summed E-state index contributed by atoms with van der Waals surface area (Å²) < 4.78 is 0. The van der Waals surface area contributed by atoms with Crippen molar-refractivity contribution in [3.05, 3.63) is 35.4 Å². The van der Waals surface area contributed by atoms with E-state index in [-0.39, 0.29) is 0 Å². The lowest BCUT2D eigenvalue weighted by Crippen LogP contribution is -2.46. The number of unbranched alkanes of at least 4 members (excludes halogenated alkanes) is 4. The number of fused-ring (bicyclic) bond motifs is 1. The smallest absolute Gasteiger partial charge is 0.0264 e. The van der Waals surface area contributed by atoms with Crippen LogP contribution in [0.15, 0.2) is 24.3 Å². The Hall–Kier alpha value is -0.860. The second-order valence-corrected chi connectivity index (χ2v) is 6.07. The van der Waals surface area contributed by atoms with E-state index in [1.807, 2.05) is 0 Å². The maximum atomic E-state index is 3.37. The van der Waals surface area contributed by atoms with Gasteiger partial charge in [-0.1, -0.05) is 56.9 Å². The van der Waals surface area contributed by atoms with Crippen LogP contribution in [0.3, 0.4) is 0 Å². The fourth-order valence-corrected chi connectivity index (χ4v) is 3.26. The van der Waals surface area contributed by atoms with E-state index in [0.717, 1.165) is 13.1 Å². The number of likely N-dealkylation sites (N-methyl/N-ethyl adjacent to an activating group) is 1. The predicted molar refractivity (Wildman–Crippen MR) is 87.0 cm³/mol. The first kappa shape index (κ1) is 15.5. The van der Waals surface area contributed by atoms with Crippen molar-refractivity contribution in [3.8, 4) is 0 Å². The van der Waals surface area contributed by atoms with Crippen molar-refractivity contribution >= 4 is 0 Å². The number of hydrogen-bond acceptors (Lipinski definition) is 2. The third-order valence-electron chi connectivity index (χ3n) is 4.45. The van der Waals surface area contributed by atoms with Crippen molar-refractivity contribution in [2.45, 2.75) is 58.0 Å². The number of hydrogen-bond donors (Lipinski definition) is 1. The fourth-order valence-electron chi connectivity index (χ4n) is 3.26. The molecule has 0 fully saturated rings. The lowest BCUT2D eigenvalue weighted by molar-refractivity contribution is 0.166. The molecule has 20 heavy (non-hydrogen) atoms. The monoisotopic (exact) mass is 274 g/mol. The quantitative estimate of drug-likeness (QED) is 0.729. The summed E-state index contributed by atoms with van der Waals surface area (Å²) in [4.78, 5) is 2.69. The zero-order chi connectivity index (χ0) is 14.2. The molecule has 1 unspecified atom stereocenters. The average molecular weight is 274 g/mol. The number of nitrogens with zero attached hydrogens (tertiary/aromatic N) is 1. The van der Waals surface area contributed by atoms with Gasteiger partial charge in [-0.3, -0.25) is 4.90 Å². The second-order valence-electron chi connectivity index (χ2n) is 6.07. The normalized spacial score (nSPS) is 19.0. The van der Waals surface area contributed by atoms with Crippen molar-refractivity contribution in [3.63, 3.8) is 0 Å². The summed E-state index contributed by atoms with van der Waals surface area (Å²) in [5.74, 6) is 0. The molecule has 0 aromatic heterocycles. The van der Waals surface area contributed by atoms with E-state index in [1.54, 1.807) is 5.56 Å². The largest absolute Gasteiger partial charge is 0.318 e. The molecule has 0 bridgehead atoms. The number of rotatable bonds is 8. The first-order chi connectivity index (χ1) is 9.85. The predicted octanol–water partition coefficient (Wildman–Crippen LogP) is 3.60. The zero-order valence-corrected chi connectivity index (χ0v) is 13.2. The molecule has 0 amide bonds. The molecule has 112 valence electrons. The summed E-state index contributed by atoms with van der Waals surface area (Å²) in [5.41, 5.74) is 3.09. The Kier molecular flexibility index (Phi) is 6.55. The summed E-state index contributed by atoms with van der Waals surface area (Å²) in [6.07, 6.45) is 8.06. The van der Waals surface area contributed by atoms with E-state index in [1.165, 1.54) is 50.6 Å². The molecular formula is C18H30N2. The molecule has 2 rings (SSSR count). The molecule has 2 nitrogen and oxygen atoms in total. The van der Waals surface area contributed by atoms with Gasteiger partial charge in [0.15, 0.2) is 0 Å². The van der Waals surface area contributed by atoms with E-state index in [0.29, 0.717) is 6.04 Å². The third-order valence-corrected chi connectivity index (χ3v) is 4.45. The fraction of sp³-hybridized carbons (Fsp3) is 0.667. The Morgan fingerprint density at radius 3 is 2.60 bits per heavy atom. The van der Waals surface area contributed by atoms with E-state index in [2.05, 4.69) is 48.5 Å². The van der Waals surface area contributed by atoms with Crippen LogP contribution in [0.2, 0.25) is 0 Å². The highest BCUT2D eigenvalue weighted by Gasteiger charge is 2.24. The maximum Gasteiger partial charge on any atom is 0.0264 e. The van der Waals surface area contributed by atoms with Crippen LogP contribution in [0.4, 0.5) is 0 Å². The van der Waals surface area contributed by atoms with Gasteiger partial charge in [0.2, 0.25) is 0 Å². The molecule has 0 spiro atoms. The molecule has 1 heterocycles. The molecule has 1 aliphatic rings. The Morgan fingerprint density at radius 1 is 1.10 bits per heavy atom. The van der Waals surface area contributed by atoms with Gasteiger partial charge in [-0.25, -0.2) is 0 Å². The summed E-state index contributed by atoms with van der Waals surface area (Å²) >= 11 is 0. The van der Waals surface area contributed by atoms with Crippen molar-refractivity contribution in [2.24, 2.45) is 0 Å². The summed E-state index contributed by atoms with van der Waals surface area (Å²) in [6, 6.07) is 9.62. The minimum absolute atomic E-state index is 0.668. The van der Waals surface area contributed by atoms with Crippen LogP contribution < -0.4 is 5.32 Å². The van der Waals surface area contributed by atoms with Crippen molar-refractivity contribution in [1.82, 2.24) is 10.2 Å². The lowest BCUT2D eigenvalue weighted by atomic mass is 9.93. The van der Waals surface area contributed by atoms with Gasteiger partial charge < -0.3 is 5.32 Å². The Balaban J connectivity index is 1.88. The Bertz CT molecular complexity index is 389. The molecule has 2 heteroatoms. The van der Waals surface area contributed by atoms with Gasteiger partial charge in [0.05, 0.1) is 0 Å². The second kappa shape index (κ2) is 8.43. The molecule has 0 aliphatic carbocycles. The van der Waals surface area contributed by atoms with E-state index >= 15 is 0 Å². The van der Waals surface area contributed by atoms with Gasteiger partial charge >= 0.3 is 0 Å². The first-order valence-corrected chi connectivity index (χ1v) is 8.30. The van der Waals surface area contributed by atoms with Crippen LogP contribution in [0, 0.1) is 0 Å². The topological polar surface area (TPSA) is 15.3 Å². The molecule has 0 radical (unpaired) electrons. The molecule has 1 aromatic carbocycles. The molecule has 0 saturated heterocycles. The Morgan fingerprint density at radius 2 is 1.85 bits per heavy atom. The van der Waals surface area contributed by atoms with Crippen LogP contribution in [0.25, 0.3) is 0 Å². The SMILES string of the molecule is CCCCCCCN1Cc2ccccc2CC1CNC. The minimum Gasteiger partial charge on any atom is -0.318 e.